The molecule has 4 aromatic heterocycles. The molecule has 3 aliphatic heterocycles. The molecule has 0 radical (unpaired) electrons. The summed E-state index contributed by atoms with van der Waals surface area (Å²) in [5.74, 6) is -0.441. The first kappa shape index (κ1) is 36.7. The monoisotopic (exact) mass is 792 g/mol. The Kier molecular flexibility index (Phi) is 8.91. The van der Waals surface area contributed by atoms with Crippen molar-refractivity contribution in [1.29, 1.82) is 0 Å². The molecule has 0 bridgehead atoms. The van der Waals surface area contributed by atoms with E-state index in [0.29, 0.717) is 41.6 Å². The molecule has 2 unspecified atom stereocenters. The van der Waals surface area contributed by atoms with Crippen molar-refractivity contribution in [2.45, 2.75) is 82.1 Å². The summed E-state index contributed by atoms with van der Waals surface area (Å²) in [5, 5.41) is 17.8. The number of halogens is 1. The zero-order valence-corrected chi connectivity index (χ0v) is 32.9. The lowest BCUT2D eigenvalue weighted by Gasteiger charge is -2.55. The van der Waals surface area contributed by atoms with Gasteiger partial charge in [-0.05, 0) is 74.5 Å². The fraction of sp³-hybridized carbons (Fsp3) is 0.537. The van der Waals surface area contributed by atoms with Crippen molar-refractivity contribution in [2.75, 3.05) is 50.0 Å². The number of aromatic nitrogens is 7. The largest absolute Gasteiger partial charge is 0.385 e. The van der Waals surface area contributed by atoms with Crippen molar-refractivity contribution in [3.63, 3.8) is 0 Å². The van der Waals surface area contributed by atoms with E-state index in [0.717, 1.165) is 99.2 Å². The number of likely N-dealkylation sites (tertiary alicyclic amines) is 1. The van der Waals surface area contributed by atoms with Crippen LogP contribution in [0.1, 0.15) is 80.4 Å². The summed E-state index contributed by atoms with van der Waals surface area (Å²) in [4.78, 5) is 60.3. The van der Waals surface area contributed by atoms with Crippen molar-refractivity contribution in [3.8, 4) is 11.3 Å². The minimum absolute atomic E-state index is 0.220. The van der Waals surface area contributed by atoms with Crippen LogP contribution in [0.4, 0.5) is 15.8 Å². The first-order valence-electron chi connectivity index (χ1n) is 20.6. The molecule has 7 heterocycles. The van der Waals surface area contributed by atoms with E-state index in [1.165, 1.54) is 10.7 Å². The first-order valence-corrected chi connectivity index (χ1v) is 20.6. The van der Waals surface area contributed by atoms with Crippen LogP contribution >= 0.6 is 0 Å². The molecule has 10 rings (SSSR count). The van der Waals surface area contributed by atoms with Gasteiger partial charge in [-0.25, -0.2) is 18.7 Å². The van der Waals surface area contributed by atoms with Gasteiger partial charge >= 0.3 is 5.69 Å². The average molecular weight is 793 g/mol. The molecule has 2 aliphatic carbocycles. The predicted molar refractivity (Wildman–Crippen MR) is 214 cm³/mol. The normalized spacial score (nSPS) is 25.9. The predicted octanol–water partition coefficient (Wildman–Crippen LogP) is 3.44. The Labute approximate surface area is 333 Å². The Hall–Kier alpha value is -5.58. The number of fused-ring (bicyclic) bond motifs is 2. The van der Waals surface area contributed by atoms with Crippen LogP contribution in [0.3, 0.4) is 0 Å². The fourth-order valence-corrected chi connectivity index (χ4v) is 10.1. The van der Waals surface area contributed by atoms with Gasteiger partial charge in [-0.15, -0.1) is 0 Å². The van der Waals surface area contributed by atoms with E-state index in [-0.39, 0.29) is 23.7 Å². The Morgan fingerprint density at radius 2 is 1.83 bits per heavy atom. The van der Waals surface area contributed by atoms with E-state index in [1.54, 1.807) is 23.2 Å². The van der Waals surface area contributed by atoms with E-state index < -0.39 is 30.1 Å². The summed E-state index contributed by atoms with van der Waals surface area (Å²) in [6.45, 7) is 5.22. The second kappa shape index (κ2) is 14.1. The number of hydrogen-bond acceptors (Lipinski definition) is 10. The molecule has 58 heavy (non-hydrogen) atoms. The standard InChI is InChI=1S/C41H49FN12O4/c1-43-30-17-28(48-54-34(19-44-37(30)54)39(57)46-29-16-27(29)42)25-18-45-52(21-25)26-8-6-24(7-9-26)20-50-22-41(23-50)12-14-51(15-13-41)31-4-3-5-32-36(31)49(2)40(58)53(32)33-10-11-35(55)47-38(33)56/h3-5,17-19,21,24,26-27,29,33,43H,6-16,20,22-23H2,1-2H3,(H,46,57)(H,47,55,56)/t24?,26?,27-,29?,33?/m0/s1. The van der Waals surface area contributed by atoms with Crippen molar-refractivity contribution < 1.29 is 18.8 Å². The highest BCUT2D eigenvalue weighted by molar-refractivity contribution is 6.00. The molecule has 1 spiro atoms. The zero-order chi connectivity index (χ0) is 39.9. The van der Waals surface area contributed by atoms with E-state index >= 15 is 0 Å². The molecule has 5 aromatic rings. The lowest BCUT2D eigenvalue weighted by Crippen LogP contribution is -2.61. The number of amides is 3. The van der Waals surface area contributed by atoms with Crippen molar-refractivity contribution in [1.82, 2.24) is 49.0 Å². The summed E-state index contributed by atoms with van der Waals surface area (Å²) in [7, 11) is 3.57. The maximum atomic E-state index is 13.5. The molecule has 304 valence electrons. The number of nitrogens with zero attached hydrogens (tertiary/aromatic N) is 9. The summed E-state index contributed by atoms with van der Waals surface area (Å²) in [5.41, 5.74) is 5.73. The second-order valence-electron chi connectivity index (χ2n) is 17.3. The van der Waals surface area contributed by atoms with Gasteiger partial charge in [-0.3, -0.25) is 33.5 Å². The summed E-state index contributed by atoms with van der Waals surface area (Å²) in [6.07, 6.45) is 11.9. The third-order valence-electron chi connectivity index (χ3n) is 13.5. The summed E-state index contributed by atoms with van der Waals surface area (Å²) in [6, 6.07) is 7.04. The van der Waals surface area contributed by atoms with Crippen LogP contribution < -0.4 is 26.5 Å². The Bertz CT molecular complexity index is 2500. The maximum absolute atomic E-state index is 13.5. The highest BCUT2D eigenvalue weighted by atomic mass is 19.1. The van der Waals surface area contributed by atoms with Crippen molar-refractivity contribution in [3.05, 3.63) is 59.0 Å². The number of rotatable bonds is 9. The number of anilines is 2. The Morgan fingerprint density at radius 3 is 2.55 bits per heavy atom. The van der Waals surface area contributed by atoms with Crippen LogP contribution in [0, 0.1) is 11.3 Å². The van der Waals surface area contributed by atoms with Crippen LogP contribution in [0.5, 0.6) is 0 Å². The van der Waals surface area contributed by atoms with Gasteiger partial charge in [0.25, 0.3) is 5.91 Å². The molecule has 2 saturated carbocycles. The first-order chi connectivity index (χ1) is 28.1. The van der Waals surface area contributed by atoms with Gasteiger partial charge in [-0.2, -0.15) is 10.2 Å². The molecule has 3 N–H and O–H groups in total. The molecule has 17 heteroatoms. The quantitative estimate of drug-likeness (QED) is 0.188. The third-order valence-corrected chi connectivity index (χ3v) is 13.5. The van der Waals surface area contributed by atoms with Crippen molar-refractivity contribution in [2.24, 2.45) is 18.4 Å². The number of piperidine rings is 2. The van der Waals surface area contributed by atoms with Gasteiger partial charge in [0.15, 0.2) is 11.3 Å². The van der Waals surface area contributed by atoms with E-state index in [4.69, 9.17) is 10.2 Å². The summed E-state index contributed by atoms with van der Waals surface area (Å²) < 4.78 is 20.3. The van der Waals surface area contributed by atoms with Gasteiger partial charge < -0.3 is 20.4 Å². The number of para-hydroxylation sites is 1. The number of carbonyl (C=O) groups excluding carboxylic acids is 3. The molecular weight excluding hydrogens is 744 g/mol. The van der Waals surface area contributed by atoms with Crippen LogP contribution in [-0.4, -0.2) is 108 Å². The number of nitrogens with one attached hydrogen (secondary N) is 3. The molecular formula is C41H49FN12O4. The third kappa shape index (κ3) is 6.34. The SMILES string of the molecule is CNc1cc(-c2cnn(C3CCC(CN4CC5(CCN(c6cccc7c6n(C)c(=O)n7C6CCC(=O)NC6=O)CC5)C4)CC3)c2)nn2c(C(=O)NC3C[C@@H]3F)cnc12. The van der Waals surface area contributed by atoms with Gasteiger partial charge in [0.1, 0.15) is 12.2 Å². The number of carbonyl (C=O) groups is 3. The molecule has 1 aromatic carbocycles. The van der Waals surface area contributed by atoms with Gasteiger partial charge in [0, 0.05) is 71.4 Å². The lowest BCUT2D eigenvalue weighted by molar-refractivity contribution is -0.135. The molecule has 3 amide bonds. The van der Waals surface area contributed by atoms with Gasteiger partial charge in [-0.1, -0.05) is 6.07 Å². The average Bonchev–Trinajstić information content (AvgIpc) is 3.54. The number of imidazole rings is 2. The highest BCUT2D eigenvalue weighted by Crippen LogP contribution is 2.44. The van der Waals surface area contributed by atoms with Crippen LogP contribution in [0.25, 0.3) is 27.9 Å². The molecule has 16 nitrogen and oxygen atoms in total. The number of imide groups is 1. The van der Waals surface area contributed by atoms with E-state index in [2.05, 4.69) is 41.5 Å². The van der Waals surface area contributed by atoms with Gasteiger partial charge in [0.2, 0.25) is 11.8 Å². The summed E-state index contributed by atoms with van der Waals surface area (Å²) >= 11 is 0. The van der Waals surface area contributed by atoms with E-state index in [1.807, 2.05) is 30.6 Å². The van der Waals surface area contributed by atoms with E-state index in [9.17, 15) is 23.6 Å². The fourth-order valence-electron chi connectivity index (χ4n) is 10.1. The molecule has 5 fully saturated rings. The highest BCUT2D eigenvalue weighted by Gasteiger charge is 2.46. The number of hydrogen-bond donors (Lipinski definition) is 3. The number of aryl methyl sites for hydroxylation is 1. The lowest BCUT2D eigenvalue weighted by atomic mass is 9.71. The van der Waals surface area contributed by atoms with Crippen LogP contribution in [-0.2, 0) is 16.6 Å². The van der Waals surface area contributed by atoms with Crippen molar-refractivity contribution >= 4 is 45.8 Å². The smallest absolute Gasteiger partial charge is 0.329 e. The van der Waals surface area contributed by atoms with Gasteiger partial charge in [0.05, 0.1) is 52.6 Å². The molecule has 5 aliphatic rings. The Morgan fingerprint density at radius 1 is 1.05 bits per heavy atom. The van der Waals surface area contributed by atoms with Crippen LogP contribution in [0.2, 0.25) is 0 Å². The second-order valence-corrected chi connectivity index (χ2v) is 17.3. The maximum Gasteiger partial charge on any atom is 0.329 e. The van der Waals surface area contributed by atoms with Crippen LogP contribution in [0.15, 0.2) is 47.7 Å². The Balaban J connectivity index is 0.735. The number of benzene rings is 1. The molecule has 3 saturated heterocycles. The number of alkyl halides is 1. The zero-order valence-electron chi connectivity index (χ0n) is 32.9. The minimum Gasteiger partial charge on any atom is -0.385 e. The molecule has 3 atom stereocenters. The topological polar surface area (TPSA) is 169 Å². The minimum atomic E-state index is -0.996.